The van der Waals surface area contributed by atoms with Crippen molar-refractivity contribution in [3.63, 3.8) is 0 Å². The first-order valence-corrected chi connectivity index (χ1v) is 5.07. The van der Waals surface area contributed by atoms with Crippen LogP contribution in [0.3, 0.4) is 0 Å². The van der Waals surface area contributed by atoms with Crippen molar-refractivity contribution in [2.45, 2.75) is 39.0 Å². The van der Waals surface area contributed by atoms with Crippen LogP contribution in [0.2, 0.25) is 0 Å². The lowest BCUT2D eigenvalue weighted by Crippen LogP contribution is -2.56. The molecule has 1 saturated heterocycles. The van der Waals surface area contributed by atoms with Crippen molar-refractivity contribution in [3.05, 3.63) is 0 Å². The Morgan fingerprint density at radius 1 is 1.09 bits per heavy atom. The molecular formula is C10H19N. The van der Waals surface area contributed by atoms with Gasteiger partial charge in [0.05, 0.1) is 0 Å². The number of hydrogen-bond donors (Lipinski definition) is 0. The standard InChI is InChI=1S/C10H19N/c1-2-11-8-10(9-11)6-4-3-5-7-10/h2-9H2,1H3. The van der Waals surface area contributed by atoms with Crippen molar-refractivity contribution in [1.82, 2.24) is 4.90 Å². The van der Waals surface area contributed by atoms with Crippen LogP contribution in [0.4, 0.5) is 0 Å². The summed E-state index contributed by atoms with van der Waals surface area (Å²) >= 11 is 0. The molecule has 1 nitrogen and oxygen atoms in total. The van der Waals surface area contributed by atoms with Crippen LogP contribution in [0.15, 0.2) is 0 Å². The molecule has 0 radical (unpaired) electrons. The fourth-order valence-corrected chi connectivity index (χ4v) is 2.74. The van der Waals surface area contributed by atoms with Crippen LogP contribution >= 0.6 is 0 Å². The largest absolute Gasteiger partial charge is 0.302 e. The average Bonchev–Trinajstić information content (AvgIpc) is 2.01. The fourth-order valence-electron chi connectivity index (χ4n) is 2.74. The van der Waals surface area contributed by atoms with Gasteiger partial charge in [-0.05, 0) is 24.8 Å². The topological polar surface area (TPSA) is 3.24 Å². The van der Waals surface area contributed by atoms with Crippen molar-refractivity contribution in [3.8, 4) is 0 Å². The summed E-state index contributed by atoms with van der Waals surface area (Å²) in [7, 11) is 0. The molecule has 0 bridgehead atoms. The van der Waals surface area contributed by atoms with Gasteiger partial charge < -0.3 is 4.90 Å². The van der Waals surface area contributed by atoms with Gasteiger partial charge in [0.25, 0.3) is 0 Å². The molecule has 1 saturated carbocycles. The molecule has 1 heteroatoms. The summed E-state index contributed by atoms with van der Waals surface area (Å²) in [5.74, 6) is 0. The van der Waals surface area contributed by atoms with Gasteiger partial charge in [-0.25, -0.2) is 0 Å². The number of nitrogens with zero attached hydrogens (tertiary/aromatic N) is 1. The summed E-state index contributed by atoms with van der Waals surface area (Å²) in [6.07, 6.45) is 7.52. The van der Waals surface area contributed by atoms with E-state index < -0.39 is 0 Å². The highest BCUT2D eigenvalue weighted by Crippen LogP contribution is 2.43. The molecule has 11 heavy (non-hydrogen) atoms. The third kappa shape index (κ3) is 1.31. The summed E-state index contributed by atoms with van der Waals surface area (Å²) < 4.78 is 0. The molecule has 1 heterocycles. The van der Waals surface area contributed by atoms with E-state index in [0.717, 1.165) is 5.41 Å². The second-order valence-corrected chi connectivity index (χ2v) is 4.36. The molecule has 1 aliphatic carbocycles. The highest BCUT2D eigenvalue weighted by atomic mass is 15.2. The summed E-state index contributed by atoms with van der Waals surface area (Å²) in [4.78, 5) is 2.57. The van der Waals surface area contributed by atoms with Crippen molar-refractivity contribution < 1.29 is 0 Å². The summed E-state index contributed by atoms with van der Waals surface area (Å²) in [6, 6.07) is 0. The van der Waals surface area contributed by atoms with Gasteiger partial charge in [-0.2, -0.15) is 0 Å². The number of hydrogen-bond acceptors (Lipinski definition) is 1. The predicted molar refractivity (Wildman–Crippen MR) is 47.6 cm³/mol. The summed E-state index contributed by atoms with van der Waals surface area (Å²) in [5, 5.41) is 0. The van der Waals surface area contributed by atoms with E-state index in [2.05, 4.69) is 11.8 Å². The molecule has 2 fully saturated rings. The van der Waals surface area contributed by atoms with E-state index in [1.807, 2.05) is 0 Å². The molecule has 0 aromatic carbocycles. The SMILES string of the molecule is CCN1CC2(CCCCC2)C1. The van der Waals surface area contributed by atoms with Crippen molar-refractivity contribution in [2.75, 3.05) is 19.6 Å². The van der Waals surface area contributed by atoms with E-state index in [1.54, 1.807) is 0 Å². The molecule has 0 aromatic rings. The van der Waals surface area contributed by atoms with E-state index in [0.29, 0.717) is 0 Å². The van der Waals surface area contributed by atoms with Gasteiger partial charge in [0.2, 0.25) is 0 Å². The molecule has 2 aliphatic rings. The summed E-state index contributed by atoms with van der Waals surface area (Å²) in [6.45, 7) is 6.35. The molecular weight excluding hydrogens is 134 g/mol. The smallest absolute Gasteiger partial charge is 0.00504 e. The quantitative estimate of drug-likeness (QED) is 0.558. The van der Waals surface area contributed by atoms with Gasteiger partial charge in [0, 0.05) is 13.1 Å². The van der Waals surface area contributed by atoms with Crippen LogP contribution < -0.4 is 0 Å². The Hall–Kier alpha value is -0.0400. The van der Waals surface area contributed by atoms with E-state index in [-0.39, 0.29) is 0 Å². The third-order valence-corrected chi connectivity index (χ3v) is 3.48. The molecule has 1 spiro atoms. The minimum atomic E-state index is 0.800. The molecule has 0 unspecified atom stereocenters. The Morgan fingerprint density at radius 2 is 1.73 bits per heavy atom. The van der Waals surface area contributed by atoms with Gasteiger partial charge in [-0.15, -0.1) is 0 Å². The highest BCUT2D eigenvalue weighted by molar-refractivity contribution is 4.95. The van der Waals surface area contributed by atoms with Crippen molar-refractivity contribution in [2.24, 2.45) is 5.41 Å². The lowest BCUT2D eigenvalue weighted by molar-refractivity contribution is -0.0240. The minimum absolute atomic E-state index is 0.800. The van der Waals surface area contributed by atoms with Gasteiger partial charge in [0.15, 0.2) is 0 Å². The maximum Gasteiger partial charge on any atom is 0.00504 e. The van der Waals surface area contributed by atoms with Gasteiger partial charge in [-0.3, -0.25) is 0 Å². The van der Waals surface area contributed by atoms with Crippen LogP contribution in [0, 0.1) is 5.41 Å². The summed E-state index contributed by atoms with van der Waals surface area (Å²) in [5.41, 5.74) is 0.800. The van der Waals surface area contributed by atoms with Crippen molar-refractivity contribution in [1.29, 1.82) is 0 Å². The van der Waals surface area contributed by atoms with E-state index >= 15 is 0 Å². The van der Waals surface area contributed by atoms with Crippen molar-refractivity contribution >= 4 is 0 Å². The van der Waals surface area contributed by atoms with E-state index in [4.69, 9.17) is 0 Å². The zero-order valence-corrected chi connectivity index (χ0v) is 7.60. The van der Waals surface area contributed by atoms with Gasteiger partial charge in [-0.1, -0.05) is 26.2 Å². The Morgan fingerprint density at radius 3 is 2.27 bits per heavy atom. The Bertz CT molecular complexity index is 128. The Kier molecular flexibility index (Phi) is 1.92. The number of rotatable bonds is 1. The van der Waals surface area contributed by atoms with Crippen LogP contribution in [0.1, 0.15) is 39.0 Å². The Balaban J connectivity index is 1.84. The highest BCUT2D eigenvalue weighted by Gasteiger charge is 2.42. The van der Waals surface area contributed by atoms with Gasteiger partial charge in [0.1, 0.15) is 0 Å². The van der Waals surface area contributed by atoms with E-state index in [1.165, 1.54) is 51.7 Å². The average molecular weight is 153 g/mol. The third-order valence-electron chi connectivity index (χ3n) is 3.48. The zero-order chi connectivity index (χ0) is 7.73. The second-order valence-electron chi connectivity index (χ2n) is 4.36. The Labute approximate surface area is 69.8 Å². The molecule has 0 atom stereocenters. The van der Waals surface area contributed by atoms with Crippen LogP contribution in [0.25, 0.3) is 0 Å². The number of likely N-dealkylation sites (tertiary alicyclic amines) is 1. The molecule has 64 valence electrons. The van der Waals surface area contributed by atoms with Crippen LogP contribution in [-0.4, -0.2) is 24.5 Å². The second kappa shape index (κ2) is 2.78. The van der Waals surface area contributed by atoms with Gasteiger partial charge >= 0.3 is 0 Å². The lowest BCUT2D eigenvalue weighted by atomic mass is 9.69. The van der Waals surface area contributed by atoms with Crippen LogP contribution in [-0.2, 0) is 0 Å². The minimum Gasteiger partial charge on any atom is -0.302 e. The monoisotopic (exact) mass is 153 g/mol. The normalized spacial score (nSPS) is 30.3. The molecule has 2 rings (SSSR count). The molecule has 0 aromatic heterocycles. The fraction of sp³-hybridized carbons (Fsp3) is 1.00. The maximum atomic E-state index is 2.57. The molecule has 0 N–H and O–H groups in total. The van der Waals surface area contributed by atoms with E-state index in [9.17, 15) is 0 Å². The molecule has 0 amide bonds. The predicted octanol–water partition coefficient (Wildman–Crippen LogP) is 2.27. The first-order chi connectivity index (χ1) is 5.35. The molecule has 1 aliphatic heterocycles. The maximum absolute atomic E-state index is 2.57. The van der Waals surface area contributed by atoms with Crippen LogP contribution in [0.5, 0.6) is 0 Å². The zero-order valence-electron chi connectivity index (χ0n) is 7.60. The first-order valence-electron chi connectivity index (χ1n) is 5.07. The lowest BCUT2D eigenvalue weighted by Gasteiger charge is -2.52. The first kappa shape index (κ1) is 7.60.